The van der Waals surface area contributed by atoms with Crippen LogP contribution in [0.5, 0.6) is 0 Å². The second-order valence-electron chi connectivity index (χ2n) is 10.7. The van der Waals surface area contributed by atoms with Crippen molar-refractivity contribution in [2.24, 2.45) is 5.10 Å². The molecule has 0 aliphatic rings. The summed E-state index contributed by atoms with van der Waals surface area (Å²) in [4.78, 5) is 14.9. The second kappa shape index (κ2) is 13.0. The topological polar surface area (TPSA) is 75.4 Å². The number of aryl methyl sites for hydroxylation is 1. The molecule has 7 nitrogen and oxygen atoms in total. The molecule has 0 spiro atoms. The van der Waals surface area contributed by atoms with Gasteiger partial charge in [0.25, 0.3) is 5.91 Å². The molecule has 1 aromatic heterocycles. The third-order valence-corrected chi connectivity index (χ3v) is 7.62. The molecule has 4 aromatic rings. The predicted octanol–water partition coefficient (Wildman–Crippen LogP) is 6.63. The van der Waals surface area contributed by atoms with Crippen molar-refractivity contribution in [1.82, 2.24) is 20.2 Å². The number of anilines is 1. The molecule has 1 heterocycles. The zero-order valence-electron chi connectivity index (χ0n) is 24.2. The summed E-state index contributed by atoms with van der Waals surface area (Å²) in [5.41, 5.74) is 9.12. The number of aromatic nitrogens is 3. The van der Waals surface area contributed by atoms with E-state index in [4.69, 9.17) is 0 Å². The highest BCUT2D eigenvalue weighted by Crippen LogP contribution is 2.30. The average molecular weight is 555 g/mol. The maximum absolute atomic E-state index is 12.6. The van der Waals surface area contributed by atoms with Gasteiger partial charge in [-0.25, -0.2) is 5.43 Å². The minimum atomic E-state index is -0.212. The van der Waals surface area contributed by atoms with Gasteiger partial charge in [0.15, 0.2) is 11.0 Å². The van der Waals surface area contributed by atoms with Gasteiger partial charge in [0, 0.05) is 30.0 Å². The summed E-state index contributed by atoms with van der Waals surface area (Å²) < 4.78 is 2.00. The van der Waals surface area contributed by atoms with Crippen molar-refractivity contribution in [2.75, 3.05) is 23.7 Å². The molecule has 8 heteroatoms. The maximum Gasteiger partial charge on any atom is 0.250 e. The van der Waals surface area contributed by atoms with Crippen molar-refractivity contribution in [2.45, 2.75) is 52.1 Å². The van der Waals surface area contributed by atoms with Crippen molar-refractivity contribution in [3.8, 4) is 17.1 Å². The first-order chi connectivity index (χ1) is 19.2. The Morgan fingerprint density at radius 2 is 1.60 bits per heavy atom. The van der Waals surface area contributed by atoms with Crippen LogP contribution >= 0.6 is 11.8 Å². The van der Waals surface area contributed by atoms with Crippen molar-refractivity contribution >= 4 is 29.6 Å². The molecule has 208 valence electrons. The van der Waals surface area contributed by atoms with Crippen molar-refractivity contribution in [1.29, 1.82) is 0 Å². The summed E-state index contributed by atoms with van der Waals surface area (Å²) in [5, 5.41) is 13.8. The molecule has 0 aliphatic heterocycles. The first-order valence-electron chi connectivity index (χ1n) is 13.6. The number of hydrazone groups is 1. The molecule has 0 unspecified atom stereocenters. The number of hydrogen-bond acceptors (Lipinski definition) is 6. The number of amides is 1. The Hall–Kier alpha value is -3.91. The van der Waals surface area contributed by atoms with Gasteiger partial charge in [-0.3, -0.25) is 9.36 Å². The molecule has 1 amide bonds. The van der Waals surface area contributed by atoms with Gasteiger partial charge in [-0.15, -0.1) is 10.2 Å². The molecule has 0 fully saturated rings. The van der Waals surface area contributed by atoms with E-state index in [1.54, 1.807) is 6.21 Å². The van der Waals surface area contributed by atoms with Crippen LogP contribution in [0.2, 0.25) is 0 Å². The van der Waals surface area contributed by atoms with E-state index in [2.05, 4.69) is 116 Å². The lowest BCUT2D eigenvalue weighted by molar-refractivity contribution is -0.118. The van der Waals surface area contributed by atoms with Crippen LogP contribution < -0.4 is 10.3 Å². The number of nitrogens with zero attached hydrogens (tertiary/aromatic N) is 5. The molecule has 0 aliphatic carbocycles. The van der Waals surface area contributed by atoms with Crippen molar-refractivity contribution in [3.05, 3.63) is 89.5 Å². The molecule has 3 aromatic carbocycles. The number of carbonyl (C=O) groups is 1. The number of benzene rings is 3. The fraction of sp³-hybridized carbons (Fsp3) is 0.312. The molecule has 4 rings (SSSR count). The Labute approximate surface area is 241 Å². The Morgan fingerprint density at radius 1 is 0.950 bits per heavy atom. The van der Waals surface area contributed by atoms with Crippen LogP contribution in [0.1, 0.15) is 51.3 Å². The smallest absolute Gasteiger partial charge is 0.250 e. The molecule has 0 atom stereocenters. The summed E-state index contributed by atoms with van der Waals surface area (Å²) in [5.74, 6) is 0.680. The summed E-state index contributed by atoms with van der Waals surface area (Å²) in [6.07, 6.45) is 1.66. The monoisotopic (exact) mass is 554 g/mol. The molecular weight excluding hydrogens is 516 g/mol. The van der Waals surface area contributed by atoms with E-state index >= 15 is 0 Å². The summed E-state index contributed by atoms with van der Waals surface area (Å²) in [7, 11) is 0. The van der Waals surface area contributed by atoms with Crippen LogP contribution in [0, 0.1) is 6.92 Å². The fourth-order valence-electron chi connectivity index (χ4n) is 4.30. The second-order valence-corrected chi connectivity index (χ2v) is 11.6. The molecule has 0 radical (unpaired) electrons. The van der Waals surface area contributed by atoms with Crippen LogP contribution in [-0.2, 0) is 10.2 Å². The van der Waals surface area contributed by atoms with E-state index in [0.29, 0.717) is 5.16 Å². The van der Waals surface area contributed by atoms with Crippen molar-refractivity contribution < 1.29 is 4.79 Å². The lowest BCUT2D eigenvalue weighted by atomic mass is 9.87. The molecule has 40 heavy (non-hydrogen) atoms. The highest BCUT2D eigenvalue weighted by molar-refractivity contribution is 7.99. The number of carbonyl (C=O) groups excluding carboxylic acids is 1. The van der Waals surface area contributed by atoms with Crippen LogP contribution in [0.15, 0.2) is 83.1 Å². The summed E-state index contributed by atoms with van der Waals surface area (Å²) >= 11 is 1.33. The first-order valence-corrected chi connectivity index (χ1v) is 14.6. The van der Waals surface area contributed by atoms with Crippen LogP contribution in [0.3, 0.4) is 0 Å². The highest BCUT2D eigenvalue weighted by Gasteiger charge is 2.19. The quantitative estimate of drug-likeness (QED) is 0.135. The minimum Gasteiger partial charge on any atom is -0.372 e. The lowest BCUT2D eigenvalue weighted by Crippen LogP contribution is -2.21. The number of hydrogen-bond donors (Lipinski definition) is 1. The van der Waals surface area contributed by atoms with E-state index in [1.807, 2.05) is 28.8 Å². The summed E-state index contributed by atoms with van der Waals surface area (Å²) in [6, 6.07) is 24.8. The minimum absolute atomic E-state index is 0.0643. The Bertz CT molecular complexity index is 1430. The lowest BCUT2D eigenvalue weighted by Gasteiger charge is -2.20. The zero-order chi connectivity index (χ0) is 28.7. The third-order valence-electron chi connectivity index (χ3n) is 6.69. The zero-order valence-corrected chi connectivity index (χ0v) is 25.0. The molecular formula is C32H38N6OS. The van der Waals surface area contributed by atoms with Crippen molar-refractivity contribution in [3.63, 3.8) is 0 Å². The Balaban J connectivity index is 1.47. The van der Waals surface area contributed by atoms with Gasteiger partial charge in [0.05, 0.1) is 12.0 Å². The van der Waals surface area contributed by atoms with E-state index < -0.39 is 0 Å². The maximum atomic E-state index is 12.6. The SMILES string of the molecule is CCN(CC)c1ccc(/C=N\NC(=O)CSc2nnc(-c3ccc(C(C)(C)C)cc3)n2-c2ccc(C)cc2)cc1. The van der Waals surface area contributed by atoms with E-state index in [-0.39, 0.29) is 17.1 Å². The van der Waals surface area contributed by atoms with E-state index in [1.165, 1.54) is 28.6 Å². The van der Waals surface area contributed by atoms with Gasteiger partial charge >= 0.3 is 0 Å². The van der Waals surface area contributed by atoms with Crippen LogP contribution in [0.25, 0.3) is 17.1 Å². The molecule has 0 bridgehead atoms. The normalized spacial score (nSPS) is 11.7. The van der Waals surface area contributed by atoms with E-state index in [9.17, 15) is 4.79 Å². The van der Waals surface area contributed by atoms with Crippen LogP contribution in [-0.4, -0.2) is 45.7 Å². The largest absolute Gasteiger partial charge is 0.372 e. The highest BCUT2D eigenvalue weighted by atomic mass is 32.2. The number of thioether (sulfide) groups is 1. The third kappa shape index (κ3) is 7.18. The van der Waals surface area contributed by atoms with Gasteiger partial charge in [0.2, 0.25) is 0 Å². The summed E-state index contributed by atoms with van der Waals surface area (Å²) in [6.45, 7) is 14.8. The molecule has 0 saturated carbocycles. The van der Waals surface area contributed by atoms with Gasteiger partial charge in [-0.05, 0) is 61.6 Å². The van der Waals surface area contributed by atoms with E-state index in [0.717, 1.165) is 35.7 Å². The Morgan fingerprint density at radius 3 is 2.20 bits per heavy atom. The standard InChI is InChI=1S/C32H38N6OS/c1-7-37(8-2)27-19-11-24(12-20-27)21-33-34-29(39)22-40-31-36-35-30(38(31)28-17-9-23(3)10-18-28)25-13-15-26(16-14-25)32(4,5)6/h9-21H,7-8,22H2,1-6H3,(H,34,39)/b33-21-. The van der Waals surface area contributed by atoms with Crippen LogP contribution in [0.4, 0.5) is 5.69 Å². The number of rotatable bonds is 10. The van der Waals surface area contributed by atoms with Gasteiger partial charge in [0.1, 0.15) is 0 Å². The Kier molecular flexibility index (Phi) is 9.42. The fourth-order valence-corrected chi connectivity index (χ4v) is 5.04. The average Bonchev–Trinajstić information content (AvgIpc) is 3.37. The molecule has 0 saturated heterocycles. The first kappa shape index (κ1) is 29.1. The number of nitrogens with one attached hydrogen (secondary N) is 1. The van der Waals surface area contributed by atoms with Gasteiger partial charge in [-0.2, -0.15) is 5.10 Å². The molecule has 1 N–H and O–H groups in total. The van der Waals surface area contributed by atoms with Gasteiger partial charge < -0.3 is 4.90 Å². The van der Waals surface area contributed by atoms with Gasteiger partial charge in [-0.1, -0.05) is 86.6 Å². The predicted molar refractivity (Wildman–Crippen MR) is 167 cm³/mol.